The minimum atomic E-state index is -0.348. The number of Topliss-reactive ketones (excluding diaryl/α,β-unsaturated/α-hetero) is 1. The Hall–Kier alpha value is -2.88. The van der Waals surface area contributed by atoms with E-state index in [0.717, 1.165) is 28.6 Å². The Morgan fingerprint density at radius 3 is 2.50 bits per heavy atom. The highest BCUT2D eigenvalue weighted by atomic mass is 16.4. The Bertz CT molecular complexity index is 939. The molecule has 4 nitrogen and oxygen atoms in total. The zero-order valence-electron chi connectivity index (χ0n) is 13.8. The first-order valence-electron chi connectivity index (χ1n) is 7.97. The van der Waals surface area contributed by atoms with Crippen LogP contribution in [0.2, 0.25) is 0 Å². The fourth-order valence-corrected chi connectivity index (χ4v) is 2.66. The number of ketones is 1. The van der Waals surface area contributed by atoms with Crippen molar-refractivity contribution < 1.29 is 9.21 Å². The van der Waals surface area contributed by atoms with E-state index in [2.05, 4.69) is 12.2 Å². The molecule has 24 heavy (non-hydrogen) atoms. The molecule has 1 heterocycles. The van der Waals surface area contributed by atoms with Crippen molar-refractivity contribution in [1.82, 2.24) is 0 Å². The molecule has 0 aliphatic rings. The fraction of sp³-hybridized carbons (Fsp3) is 0.200. The average Bonchev–Trinajstić information content (AvgIpc) is 2.59. The highest BCUT2D eigenvalue weighted by Gasteiger charge is 2.07. The minimum Gasteiger partial charge on any atom is -0.423 e. The van der Waals surface area contributed by atoms with Crippen LogP contribution in [0.1, 0.15) is 35.3 Å². The molecular weight excluding hydrogens is 302 g/mol. The number of carbonyl (C=O) groups excluding carboxylic acids is 1. The second kappa shape index (κ2) is 6.71. The number of benzene rings is 2. The van der Waals surface area contributed by atoms with Crippen LogP contribution >= 0.6 is 0 Å². The van der Waals surface area contributed by atoms with Crippen LogP contribution in [-0.2, 0) is 13.0 Å². The predicted octanol–water partition coefficient (Wildman–Crippen LogP) is 4.17. The summed E-state index contributed by atoms with van der Waals surface area (Å²) in [6.07, 6.45) is 0.893. The van der Waals surface area contributed by atoms with Gasteiger partial charge in [0.1, 0.15) is 5.58 Å². The smallest absolute Gasteiger partial charge is 0.336 e. The molecule has 0 aliphatic heterocycles. The molecule has 0 aliphatic carbocycles. The number of carbonyl (C=O) groups is 1. The van der Waals surface area contributed by atoms with E-state index in [9.17, 15) is 9.59 Å². The highest BCUT2D eigenvalue weighted by molar-refractivity contribution is 5.94. The summed E-state index contributed by atoms with van der Waals surface area (Å²) in [5.41, 5.74) is 3.87. The first-order chi connectivity index (χ1) is 11.6. The monoisotopic (exact) mass is 321 g/mol. The normalized spacial score (nSPS) is 10.8. The summed E-state index contributed by atoms with van der Waals surface area (Å²) in [5, 5.41) is 4.21. The summed E-state index contributed by atoms with van der Waals surface area (Å²) in [6.45, 7) is 4.12. The number of hydrogen-bond donors (Lipinski definition) is 1. The zero-order chi connectivity index (χ0) is 17.1. The minimum absolute atomic E-state index is 0.0416. The van der Waals surface area contributed by atoms with Gasteiger partial charge >= 0.3 is 5.63 Å². The van der Waals surface area contributed by atoms with E-state index in [0.29, 0.717) is 17.7 Å². The van der Waals surface area contributed by atoms with E-state index in [1.54, 1.807) is 19.1 Å². The lowest BCUT2D eigenvalue weighted by molar-refractivity contribution is 0.101. The quantitative estimate of drug-likeness (QED) is 0.566. The highest BCUT2D eigenvalue weighted by Crippen LogP contribution is 2.20. The SMILES string of the molecule is CCc1ccc2c(CNc3ccc(C(C)=O)cc3)cc(=O)oc2c1. The second-order valence-corrected chi connectivity index (χ2v) is 5.76. The Morgan fingerprint density at radius 2 is 1.83 bits per heavy atom. The second-order valence-electron chi connectivity index (χ2n) is 5.76. The van der Waals surface area contributed by atoms with E-state index in [4.69, 9.17) is 4.42 Å². The molecule has 3 aromatic rings. The lowest BCUT2D eigenvalue weighted by atomic mass is 10.1. The van der Waals surface area contributed by atoms with E-state index >= 15 is 0 Å². The average molecular weight is 321 g/mol. The molecule has 0 saturated heterocycles. The number of nitrogens with one attached hydrogen (secondary N) is 1. The summed E-state index contributed by atoms with van der Waals surface area (Å²) in [4.78, 5) is 23.1. The molecule has 122 valence electrons. The van der Waals surface area contributed by atoms with Crippen LogP contribution < -0.4 is 10.9 Å². The van der Waals surface area contributed by atoms with E-state index in [-0.39, 0.29) is 11.4 Å². The first-order valence-corrected chi connectivity index (χ1v) is 7.97. The van der Waals surface area contributed by atoms with Gasteiger partial charge in [0.15, 0.2) is 5.78 Å². The molecule has 1 N–H and O–H groups in total. The number of rotatable bonds is 5. The third kappa shape index (κ3) is 3.38. The van der Waals surface area contributed by atoms with Crippen LogP contribution in [-0.4, -0.2) is 5.78 Å². The lowest BCUT2D eigenvalue weighted by Crippen LogP contribution is -2.06. The van der Waals surface area contributed by atoms with Gasteiger partial charge < -0.3 is 9.73 Å². The van der Waals surface area contributed by atoms with Gasteiger partial charge in [-0.1, -0.05) is 19.1 Å². The van der Waals surface area contributed by atoms with Gasteiger partial charge in [-0.25, -0.2) is 4.79 Å². The Balaban J connectivity index is 1.86. The number of hydrogen-bond acceptors (Lipinski definition) is 4. The standard InChI is InChI=1S/C20H19NO3/c1-3-14-4-9-18-16(11-20(23)24-19(18)10-14)12-21-17-7-5-15(6-8-17)13(2)22/h4-11,21H,3,12H2,1-2H3. The van der Waals surface area contributed by atoms with Crippen LogP contribution in [0, 0.1) is 0 Å². The van der Waals surface area contributed by atoms with Gasteiger partial charge in [-0.3, -0.25) is 4.79 Å². The molecule has 2 aromatic carbocycles. The largest absolute Gasteiger partial charge is 0.423 e. The van der Waals surface area contributed by atoms with Gasteiger partial charge in [0.2, 0.25) is 0 Å². The molecular formula is C20H19NO3. The molecule has 0 bridgehead atoms. The van der Waals surface area contributed by atoms with Crippen molar-refractivity contribution >= 4 is 22.4 Å². The Morgan fingerprint density at radius 1 is 1.08 bits per heavy atom. The third-order valence-corrected chi connectivity index (χ3v) is 4.08. The molecule has 0 unspecified atom stereocenters. The van der Waals surface area contributed by atoms with Gasteiger partial charge in [0.05, 0.1) is 0 Å². The summed E-state index contributed by atoms with van der Waals surface area (Å²) in [7, 11) is 0. The summed E-state index contributed by atoms with van der Waals surface area (Å²) in [5.74, 6) is 0.0416. The Kier molecular flexibility index (Phi) is 4.47. The molecule has 4 heteroatoms. The number of anilines is 1. The van der Waals surface area contributed by atoms with Crippen molar-refractivity contribution in [3.63, 3.8) is 0 Å². The van der Waals surface area contributed by atoms with Crippen molar-refractivity contribution in [1.29, 1.82) is 0 Å². The van der Waals surface area contributed by atoms with Gasteiger partial charge in [0.25, 0.3) is 0 Å². The molecule has 1 aromatic heterocycles. The van der Waals surface area contributed by atoms with Crippen molar-refractivity contribution in [3.05, 3.63) is 75.6 Å². The van der Waals surface area contributed by atoms with Crippen LogP contribution in [0.15, 0.2) is 57.7 Å². The molecule has 0 spiro atoms. The van der Waals surface area contributed by atoms with E-state index in [1.807, 2.05) is 30.3 Å². The van der Waals surface area contributed by atoms with Crippen LogP contribution in [0.5, 0.6) is 0 Å². The molecule has 3 rings (SSSR count). The number of aryl methyl sites for hydroxylation is 1. The first kappa shape index (κ1) is 16.0. The molecule has 0 amide bonds. The Labute approximate surface area is 140 Å². The molecule has 0 radical (unpaired) electrons. The van der Waals surface area contributed by atoms with Crippen molar-refractivity contribution in [2.24, 2.45) is 0 Å². The summed E-state index contributed by atoms with van der Waals surface area (Å²) < 4.78 is 5.32. The fourth-order valence-electron chi connectivity index (χ4n) is 2.66. The number of fused-ring (bicyclic) bond motifs is 1. The van der Waals surface area contributed by atoms with Crippen LogP contribution in [0.4, 0.5) is 5.69 Å². The topological polar surface area (TPSA) is 59.3 Å². The van der Waals surface area contributed by atoms with Gasteiger partial charge in [-0.15, -0.1) is 0 Å². The van der Waals surface area contributed by atoms with Crippen LogP contribution in [0.3, 0.4) is 0 Å². The molecule has 0 fully saturated rings. The van der Waals surface area contributed by atoms with Gasteiger partial charge in [0, 0.05) is 29.2 Å². The zero-order valence-corrected chi connectivity index (χ0v) is 13.8. The van der Waals surface area contributed by atoms with Gasteiger partial charge in [-0.2, -0.15) is 0 Å². The van der Waals surface area contributed by atoms with Crippen LogP contribution in [0.25, 0.3) is 11.0 Å². The lowest BCUT2D eigenvalue weighted by Gasteiger charge is -2.09. The summed E-state index contributed by atoms with van der Waals surface area (Å²) >= 11 is 0. The van der Waals surface area contributed by atoms with E-state index in [1.165, 1.54) is 6.07 Å². The molecule has 0 atom stereocenters. The maximum atomic E-state index is 11.8. The van der Waals surface area contributed by atoms with Gasteiger partial charge in [-0.05, 0) is 54.8 Å². The summed E-state index contributed by atoms with van der Waals surface area (Å²) in [6, 6.07) is 14.8. The van der Waals surface area contributed by atoms with Crippen molar-refractivity contribution in [2.45, 2.75) is 26.8 Å². The van der Waals surface area contributed by atoms with E-state index < -0.39 is 0 Å². The van der Waals surface area contributed by atoms with Crippen molar-refractivity contribution in [3.8, 4) is 0 Å². The third-order valence-electron chi connectivity index (χ3n) is 4.08. The maximum absolute atomic E-state index is 11.8. The van der Waals surface area contributed by atoms with Crippen molar-refractivity contribution in [2.75, 3.05) is 5.32 Å². The molecule has 0 saturated carbocycles. The maximum Gasteiger partial charge on any atom is 0.336 e. The predicted molar refractivity (Wildman–Crippen MR) is 95.6 cm³/mol.